The van der Waals surface area contributed by atoms with E-state index in [9.17, 15) is 0 Å². The van der Waals surface area contributed by atoms with Gasteiger partial charge in [0.1, 0.15) is 0 Å². The Morgan fingerprint density at radius 1 is 1.19 bits per heavy atom. The summed E-state index contributed by atoms with van der Waals surface area (Å²) < 4.78 is 0. The molecule has 2 rings (SSSR count). The van der Waals surface area contributed by atoms with Crippen LogP contribution in [-0.4, -0.2) is 23.0 Å². The van der Waals surface area contributed by atoms with Gasteiger partial charge in [0.15, 0.2) is 5.84 Å². The number of hydrogen-bond acceptors (Lipinski definition) is 3. The van der Waals surface area contributed by atoms with Crippen LogP contribution >= 0.6 is 11.6 Å². The van der Waals surface area contributed by atoms with E-state index >= 15 is 0 Å². The molecule has 3 N–H and O–H groups in total. The van der Waals surface area contributed by atoms with E-state index in [1.165, 1.54) is 0 Å². The highest BCUT2D eigenvalue weighted by atomic mass is 35.5. The number of nitrogens with zero attached hydrogens (tertiary/aromatic N) is 2. The summed E-state index contributed by atoms with van der Waals surface area (Å²) in [5, 5.41) is 12.7. The molecule has 0 fully saturated rings. The highest BCUT2D eigenvalue weighted by Crippen LogP contribution is 2.15. The summed E-state index contributed by atoms with van der Waals surface area (Å²) in [7, 11) is 2.02. The van der Waals surface area contributed by atoms with Crippen molar-refractivity contribution < 1.29 is 5.21 Å². The van der Waals surface area contributed by atoms with Crippen molar-refractivity contribution in [2.24, 2.45) is 10.9 Å². The van der Waals surface area contributed by atoms with Crippen LogP contribution in [0.3, 0.4) is 0 Å². The predicted octanol–water partition coefficient (Wildman–Crippen LogP) is 3.07. The lowest BCUT2D eigenvalue weighted by molar-refractivity contribution is 0.315. The Balaban J connectivity index is 2.11. The van der Waals surface area contributed by atoms with Crippen molar-refractivity contribution in [2.45, 2.75) is 13.1 Å². The third-order valence-electron chi connectivity index (χ3n) is 3.18. The molecule has 21 heavy (non-hydrogen) atoms. The van der Waals surface area contributed by atoms with E-state index in [0.29, 0.717) is 6.54 Å². The van der Waals surface area contributed by atoms with Gasteiger partial charge >= 0.3 is 0 Å². The van der Waals surface area contributed by atoms with E-state index in [4.69, 9.17) is 22.5 Å². The van der Waals surface area contributed by atoms with Crippen LogP contribution < -0.4 is 5.73 Å². The topological polar surface area (TPSA) is 61.8 Å². The van der Waals surface area contributed by atoms with Crippen molar-refractivity contribution in [2.75, 3.05) is 7.05 Å². The van der Waals surface area contributed by atoms with Crippen molar-refractivity contribution in [3.63, 3.8) is 0 Å². The first-order valence-electron chi connectivity index (χ1n) is 6.59. The SMILES string of the molecule is CN(Cc1cccc(Cl)c1)Cc1ccccc1C(N)=NO. The molecule has 0 bridgehead atoms. The molecule has 2 aromatic carbocycles. The standard InChI is InChI=1S/C16H18ClN3O/c1-20(10-12-5-4-7-14(17)9-12)11-13-6-2-3-8-15(13)16(18)19-21/h2-9,21H,10-11H2,1H3,(H2,18,19). The molecule has 0 unspecified atom stereocenters. The minimum absolute atomic E-state index is 0.127. The lowest BCUT2D eigenvalue weighted by Crippen LogP contribution is -2.21. The number of oxime groups is 1. The van der Waals surface area contributed by atoms with Gasteiger partial charge in [-0.2, -0.15) is 0 Å². The fraction of sp³-hybridized carbons (Fsp3) is 0.188. The van der Waals surface area contributed by atoms with Crippen LogP contribution in [-0.2, 0) is 13.1 Å². The number of benzene rings is 2. The molecule has 0 heterocycles. The summed E-state index contributed by atoms with van der Waals surface area (Å²) in [5.74, 6) is 0.127. The highest BCUT2D eigenvalue weighted by molar-refractivity contribution is 6.30. The average molecular weight is 304 g/mol. The Bertz CT molecular complexity index is 643. The largest absolute Gasteiger partial charge is 0.409 e. The van der Waals surface area contributed by atoms with E-state index < -0.39 is 0 Å². The van der Waals surface area contributed by atoms with Gasteiger partial charge in [-0.25, -0.2) is 0 Å². The number of hydrogen-bond donors (Lipinski definition) is 2. The molecule has 0 aliphatic heterocycles. The molecule has 110 valence electrons. The zero-order valence-corrected chi connectivity index (χ0v) is 12.6. The van der Waals surface area contributed by atoms with Crippen molar-refractivity contribution in [3.05, 3.63) is 70.2 Å². The summed E-state index contributed by atoms with van der Waals surface area (Å²) in [6.07, 6.45) is 0. The van der Waals surface area contributed by atoms with Crippen molar-refractivity contribution >= 4 is 17.4 Å². The molecule has 0 aliphatic rings. The van der Waals surface area contributed by atoms with Gasteiger partial charge in [-0.05, 0) is 30.3 Å². The second-order valence-electron chi connectivity index (χ2n) is 4.94. The first kappa shape index (κ1) is 15.4. The summed E-state index contributed by atoms with van der Waals surface area (Å²) >= 11 is 6.00. The van der Waals surface area contributed by atoms with Crippen molar-refractivity contribution in [1.29, 1.82) is 0 Å². The summed E-state index contributed by atoms with van der Waals surface area (Å²) in [6.45, 7) is 1.46. The summed E-state index contributed by atoms with van der Waals surface area (Å²) in [4.78, 5) is 2.15. The Labute approximate surface area is 129 Å². The fourth-order valence-electron chi connectivity index (χ4n) is 2.26. The van der Waals surface area contributed by atoms with Crippen LogP contribution in [0.2, 0.25) is 5.02 Å². The first-order chi connectivity index (χ1) is 10.1. The molecule has 0 atom stereocenters. The smallest absolute Gasteiger partial charge is 0.170 e. The molecular formula is C16H18ClN3O. The van der Waals surface area contributed by atoms with E-state index in [1.54, 1.807) is 0 Å². The Morgan fingerprint density at radius 2 is 1.95 bits per heavy atom. The zero-order chi connectivity index (χ0) is 15.2. The van der Waals surface area contributed by atoms with E-state index in [1.807, 2.05) is 55.6 Å². The lowest BCUT2D eigenvalue weighted by atomic mass is 10.1. The second kappa shape index (κ2) is 7.11. The minimum Gasteiger partial charge on any atom is -0.409 e. The maximum atomic E-state index is 8.85. The average Bonchev–Trinajstić information content (AvgIpc) is 2.47. The second-order valence-corrected chi connectivity index (χ2v) is 5.38. The number of halogens is 1. The van der Waals surface area contributed by atoms with Crippen LogP contribution in [0.1, 0.15) is 16.7 Å². The van der Waals surface area contributed by atoms with Crippen LogP contribution in [0, 0.1) is 0 Å². The monoisotopic (exact) mass is 303 g/mol. The number of rotatable bonds is 5. The van der Waals surface area contributed by atoms with Crippen LogP contribution in [0.4, 0.5) is 0 Å². The minimum atomic E-state index is 0.127. The van der Waals surface area contributed by atoms with Gasteiger partial charge in [-0.15, -0.1) is 0 Å². The maximum absolute atomic E-state index is 8.85. The molecule has 5 heteroatoms. The van der Waals surface area contributed by atoms with Crippen LogP contribution in [0.5, 0.6) is 0 Å². The normalized spacial score (nSPS) is 11.9. The first-order valence-corrected chi connectivity index (χ1v) is 6.96. The Morgan fingerprint density at radius 3 is 2.67 bits per heavy atom. The van der Waals surface area contributed by atoms with Gasteiger partial charge < -0.3 is 10.9 Å². The molecule has 2 aromatic rings. The third kappa shape index (κ3) is 4.21. The molecular weight excluding hydrogens is 286 g/mol. The van der Waals surface area contributed by atoms with Gasteiger partial charge in [-0.3, -0.25) is 4.90 Å². The summed E-state index contributed by atoms with van der Waals surface area (Å²) in [5.41, 5.74) is 8.61. The molecule has 0 saturated carbocycles. The number of nitrogens with two attached hydrogens (primary N) is 1. The molecule has 4 nitrogen and oxygen atoms in total. The zero-order valence-electron chi connectivity index (χ0n) is 11.8. The van der Waals surface area contributed by atoms with Gasteiger partial charge in [-0.1, -0.05) is 53.2 Å². The molecule has 0 aromatic heterocycles. The fourth-order valence-corrected chi connectivity index (χ4v) is 2.47. The van der Waals surface area contributed by atoms with Crippen LogP contribution in [0.25, 0.3) is 0 Å². The quantitative estimate of drug-likeness (QED) is 0.386. The highest BCUT2D eigenvalue weighted by Gasteiger charge is 2.09. The molecule has 0 amide bonds. The van der Waals surface area contributed by atoms with Crippen LogP contribution in [0.15, 0.2) is 53.7 Å². The third-order valence-corrected chi connectivity index (χ3v) is 3.42. The maximum Gasteiger partial charge on any atom is 0.170 e. The van der Waals surface area contributed by atoms with E-state index in [2.05, 4.69) is 10.1 Å². The summed E-state index contributed by atoms with van der Waals surface area (Å²) in [6, 6.07) is 15.4. The van der Waals surface area contributed by atoms with E-state index in [0.717, 1.165) is 28.3 Å². The number of amidine groups is 1. The molecule has 0 radical (unpaired) electrons. The molecule has 0 saturated heterocycles. The lowest BCUT2D eigenvalue weighted by Gasteiger charge is -2.18. The van der Waals surface area contributed by atoms with Gasteiger partial charge in [0.05, 0.1) is 0 Å². The molecule has 0 aliphatic carbocycles. The van der Waals surface area contributed by atoms with Crippen molar-refractivity contribution in [3.8, 4) is 0 Å². The Hall–Kier alpha value is -2.04. The Kier molecular flexibility index (Phi) is 5.20. The van der Waals surface area contributed by atoms with Gasteiger partial charge in [0.25, 0.3) is 0 Å². The van der Waals surface area contributed by atoms with Gasteiger partial charge in [0, 0.05) is 23.7 Å². The predicted molar refractivity (Wildman–Crippen MR) is 85.6 cm³/mol. The van der Waals surface area contributed by atoms with E-state index in [-0.39, 0.29) is 5.84 Å². The van der Waals surface area contributed by atoms with Crippen molar-refractivity contribution in [1.82, 2.24) is 4.90 Å². The van der Waals surface area contributed by atoms with Gasteiger partial charge in [0.2, 0.25) is 0 Å². The molecule has 0 spiro atoms.